The van der Waals surface area contributed by atoms with Crippen molar-refractivity contribution in [2.24, 2.45) is 11.5 Å². The van der Waals surface area contributed by atoms with Crippen molar-refractivity contribution in [2.75, 3.05) is 13.1 Å². The molecule has 0 aromatic carbocycles. The molecule has 118 valence electrons. The Morgan fingerprint density at radius 3 is 1.40 bits per heavy atom. The van der Waals surface area contributed by atoms with Gasteiger partial charge in [0.15, 0.2) is 0 Å². The molecule has 20 heavy (non-hydrogen) atoms. The van der Waals surface area contributed by atoms with Crippen molar-refractivity contribution in [1.82, 2.24) is 10.9 Å². The van der Waals surface area contributed by atoms with Crippen LogP contribution in [-0.4, -0.2) is 47.3 Å². The average Bonchev–Trinajstić information content (AvgIpc) is 2.39. The highest BCUT2D eigenvalue weighted by Crippen LogP contribution is 2.03. The summed E-state index contributed by atoms with van der Waals surface area (Å²) in [7, 11) is 0. The molecule has 0 aliphatic carbocycles. The first kappa shape index (κ1) is 18.8. The third-order valence-corrected chi connectivity index (χ3v) is 2.92. The molecule has 0 heterocycles. The quantitative estimate of drug-likeness (QED) is 0.191. The van der Waals surface area contributed by atoms with Gasteiger partial charge in [0.2, 0.25) is 0 Å². The predicted molar refractivity (Wildman–Crippen MR) is 74.9 cm³/mol. The van der Waals surface area contributed by atoms with Gasteiger partial charge < -0.3 is 21.7 Å². The SMILES string of the molecule is NCCCC[C@H](NN[C@@H](CCCCN)C(=O)O)C(=O)O. The number of hydrogen-bond donors (Lipinski definition) is 6. The number of unbranched alkanes of at least 4 members (excludes halogenated alkanes) is 2. The van der Waals surface area contributed by atoms with E-state index in [1.54, 1.807) is 0 Å². The van der Waals surface area contributed by atoms with Crippen LogP contribution in [0.2, 0.25) is 0 Å². The standard InChI is InChI=1S/C12H26N4O4/c13-7-3-1-5-9(11(17)18)15-16-10(12(19)20)6-2-4-8-14/h9-10,15-16H,1-8,13-14H2,(H,17,18)(H,19,20)/t9-,10-/m0/s1. The molecular formula is C12H26N4O4. The Kier molecular flexibility index (Phi) is 10.9. The first-order valence-corrected chi connectivity index (χ1v) is 6.89. The number of hydrogen-bond acceptors (Lipinski definition) is 6. The zero-order valence-electron chi connectivity index (χ0n) is 11.7. The number of carbonyl (C=O) groups is 2. The fourth-order valence-electron chi connectivity index (χ4n) is 1.70. The largest absolute Gasteiger partial charge is 0.480 e. The van der Waals surface area contributed by atoms with Crippen LogP contribution in [0.5, 0.6) is 0 Å². The second-order valence-corrected chi connectivity index (χ2v) is 4.64. The van der Waals surface area contributed by atoms with E-state index in [2.05, 4.69) is 10.9 Å². The highest BCUT2D eigenvalue weighted by molar-refractivity contribution is 5.74. The van der Waals surface area contributed by atoms with Crippen LogP contribution in [0.25, 0.3) is 0 Å². The minimum absolute atomic E-state index is 0.397. The number of nitrogens with two attached hydrogens (primary N) is 2. The van der Waals surface area contributed by atoms with Crippen LogP contribution >= 0.6 is 0 Å². The normalized spacial score (nSPS) is 13.9. The first-order chi connectivity index (χ1) is 9.52. The number of aliphatic carboxylic acids is 2. The lowest BCUT2D eigenvalue weighted by molar-refractivity contribution is -0.143. The summed E-state index contributed by atoms with van der Waals surface area (Å²) in [5, 5.41) is 18.1. The van der Waals surface area contributed by atoms with Crippen molar-refractivity contribution in [3.05, 3.63) is 0 Å². The molecule has 0 aromatic heterocycles. The number of nitrogens with one attached hydrogen (secondary N) is 2. The lowest BCUT2D eigenvalue weighted by atomic mass is 10.1. The Bertz CT molecular complexity index is 261. The highest BCUT2D eigenvalue weighted by atomic mass is 16.4. The van der Waals surface area contributed by atoms with E-state index in [-0.39, 0.29) is 0 Å². The third-order valence-electron chi connectivity index (χ3n) is 2.92. The van der Waals surface area contributed by atoms with Crippen molar-refractivity contribution in [2.45, 2.75) is 50.6 Å². The summed E-state index contributed by atoms with van der Waals surface area (Å²) in [5.41, 5.74) is 15.9. The molecule has 0 aromatic rings. The Labute approximate surface area is 118 Å². The zero-order chi connectivity index (χ0) is 15.4. The van der Waals surface area contributed by atoms with Crippen LogP contribution in [0.1, 0.15) is 38.5 Å². The maximum absolute atomic E-state index is 11.0. The van der Waals surface area contributed by atoms with E-state index in [1.165, 1.54) is 0 Å². The van der Waals surface area contributed by atoms with Crippen LogP contribution in [0, 0.1) is 0 Å². The molecule has 0 saturated carbocycles. The minimum Gasteiger partial charge on any atom is -0.480 e. The maximum Gasteiger partial charge on any atom is 0.322 e. The second kappa shape index (κ2) is 11.6. The molecule has 0 bridgehead atoms. The van der Waals surface area contributed by atoms with Crippen LogP contribution in [0.3, 0.4) is 0 Å². The van der Waals surface area contributed by atoms with Gasteiger partial charge in [0.1, 0.15) is 12.1 Å². The summed E-state index contributed by atoms with van der Waals surface area (Å²) >= 11 is 0. The molecule has 0 radical (unpaired) electrons. The van der Waals surface area contributed by atoms with Gasteiger partial charge in [-0.15, -0.1) is 0 Å². The summed E-state index contributed by atoms with van der Waals surface area (Å²) < 4.78 is 0. The number of rotatable bonds is 13. The molecule has 8 heteroatoms. The molecule has 0 rings (SSSR count). The van der Waals surface area contributed by atoms with Gasteiger partial charge in [0, 0.05) is 0 Å². The number of carboxylic acid groups (broad SMARTS) is 2. The topological polar surface area (TPSA) is 151 Å². The smallest absolute Gasteiger partial charge is 0.322 e. The van der Waals surface area contributed by atoms with E-state index in [9.17, 15) is 9.59 Å². The molecule has 0 spiro atoms. The van der Waals surface area contributed by atoms with Crippen LogP contribution in [-0.2, 0) is 9.59 Å². The third kappa shape index (κ3) is 8.81. The second-order valence-electron chi connectivity index (χ2n) is 4.64. The van der Waals surface area contributed by atoms with Crippen molar-refractivity contribution < 1.29 is 19.8 Å². The van der Waals surface area contributed by atoms with E-state index in [4.69, 9.17) is 21.7 Å². The lowest BCUT2D eigenvalue weighted by Crippen LogP contribution is -2.52. The number of hydrazine groups is 1. The summed E-state index contributed by atoms with van der Waals surface area (Å²) in [6.07, 6.45) is 3.62. The molecular weight excluding hydrogens is 264 g/mol. The van der Waals surface area contributed by atoms with Crippen LogP contribution in [0.15, 0.2) is 0 Å². The molecule has 0 fully saturated rings. The average molecular weight is 290 g/mol. The Balaban J connectivity index is 4.18. The zero-order valence-corrected chi connectivity index (χ0v) is 11.7. The minimum atomic E-state index is -1.01. The van der Waals surface area contributed by atoms with Crippen LogP contribution in [0.4, 0.5) is 0 Å². The van der Waals surface area contributed by atoms with Gasteiger partial charge in [-0.1, -0.05) is 0 Å². The van der Waals surface area contributed by atoms with Gasteiger partial charge in [-0.3, -0.25) is 9.59 Å². The van der Waals surface area contributed by atoms with E-state index in [1.807, 2.05) is 0 Å². The molecule has 2 atom stereocenters. The van der Waals surface area contributed by atoms with E-state index in [0.717, 1.165) is 12.8 Å². The summed E-state index contributed by atoms with van der Waals surface area (Å²) in [6, 6.07) is -1.64. The Morgan fingerprint density at radius 2 is 1.15 bits per heavy atom. The Hall–Kier alpha value is -1.22. The molecule has 0 unspecified atom stereocenters. The molecule has 0 aliphatic heterocycles. The van der Waals surface area contributed by atoms with E-state index in [0.29, 0.717) is 38.8 Å². The van der Waals surface area contributed by atoms with Crippen LogP contribution < -0.4 is 22.3 Å². The molecule has 0 saturated heterocycles. The summed E-state index contributed by atoms with van der Waals surface area (Å²) in [4.78, 5) is 22.1. The van der Waals surface area contributed by atoms with Gasteiger partial charge in [-0.2, -0.15) is 0 Å². The van der Waals surface area contributed by atoms with Gasteiger partial charge in [-0.25, -0.2) is 10.9 Å². The van der Waals surface area contributed by atoms with E-state index >= 15 is 0 Å². The van der Waals surface area contributed by atoms with Gasteiger partial charge in [-0.05, 0) is 51.6 Å². The summed E-state index contributed by atoms with van der Waals surface area (Å²) in [6.45, 7) is 1.02. The molecule has 0 aliphatic rings. The lowest BCUT2D eigenvalue weighted by Gasteiger charge is -2.19. The maximum atomic E-state index is 11.0. The van der Waals surface area contributed by atoms with Crippen molar-refractivity contribution in [3.8, 4) is 0 Å². The number of carboxylic acids is 2. The van der Waals surface area contributed by atoms with Gasteiger partial charge in [0.25, 0.3) is 0 Å². The van der Waals surface area contributed by atoms with Crippen molar-refractivity contribution in [3.63, 3.8) is 0 Å². The van der Waals surface area contributed by atoms with Crippen molar-refractivity contribution >= 4 is 11.9 Å². The molecule has 8 nitrogen and oxygen atoms in total. The molecule has 0 amide bonds. The summed E-state index contributed by atoms with van der Waals surface area (Å²) in [5.74, 6) is -2.03. The fraction of sp³-hybridized carbons (Fsp3) is 0.833. The molecule has 8 N–H and O–H groups in total. The fourth-order valence-corrected chi connectivity index (χ4v) is 1.70. The van der Waals surface area contributed by atoms with Crippen molar-refractivity contribution in [1.29, 1.82) is 0 Å². The monoisotopic (exact) mass is 290 g/mol. The van der Waals surface area contributed by atoms with Gasteiger partial charge in [0.05, 0.1) is 0 Å². The van der Waals surface area contributed by atoms with Gasteiger partial charge >= 0.3 is 11.9 Å². The highest BCUT2D eigenvalue weighted by Gasteiger charge is 2.21. The Morgan fingerprint density at radius 1 is 0.800 bits per heavy atom. The predicted octanol–water partition coefficient (Wildman–Crippen LogP) is -0.755. The first-order valence-electron chi connectivity index (χ1n) is 6.89. The van der Waals surface area contributed by atoms with E-state index < -0.39 is 24.0 Å².